The summed E-state index contributed by atoms with van der Waals surface area (Å²) in [5.41, 5.74) is 1.14. The molecule has 0 radical (unpaired) electrons. The van der Waals surface area contributed by atoms with Crippen molar-refractivity contribution in [3.05, 3.63) is 85.2 Å². The van der Waals surface area contributed by atoms with Crippen molar-refractivity contribution in [3.63, 3.8) is 0 Å². The quantitative estimate of drug-likeness (QED) is 0.195. The van der Waals surface area contributed by atoms with E-state index in [4.69, 9.17) is 28.4 Å². The predicted octanol–water partition coefficient (Wildman–Crippen LogP) is 17.5. The first-order valence-corrected chi connectivity index (χ1v) is 29.0. The van der Waals surface area contributed by atoms with Gasteiger partial charge in [-0.3, -0.25) is 9.80 Å². The van der Waals surface area contributed by atoms with Gasteiger partial charge < -0.3 is 28.4 Å². The third kappa shape index (κ3) is 35.4. The summed E-state index contributed by atoms with van der Waals surface area (Å²) in [6.07, 6.45) is 10.1. The number of nitrogens with zero attached hydrogens (tertiary/aromatic N) is 4. The summed E-state index contributed by atoms with van der Waals surface area (Å²) < 4.78 is 34.3. The second-order valence-electron chi connectivity index (χ2n) is 19.4. The zero-order valence-corrected chi connectivity index (χ0v) is 51.5. The van der Waals surface area contributed by atoms with E-state index in [1.54, 1.807) is 6.20 Å². The van der Waals surface area contributed by atoms with Crippen molar-refractivity contribution in [1.82, 2.24) is 19.4 Å². The molecule has 10 rings (SSSR count). The van der Waals surface area contributed by atoms with Crippen LogP contribution >= 0.6 is 0 Å². The topological polar surface area (TPSA) is 79.2 Å². The molecular weight excluding hydrogens is 921 g/mol. The van der Waals surface area contributed by atoms with Crippen LogP contribution in [0.4, 0.5) is 0 Å². The van der Waals surface area contributed by atoms with Crippen molar-refractivity contribution >= 4 is 5.52 Å². The number of aromatic nitrogens is 2. The van der Waals surface area contributed by atoms with Gasteiger partial charge in [-0.15, -0.1) is 0 Å². The van der Waals surface area contributed by atoms with E-state index in [0.717, 1.165) is 84.7 Å². The second kappa shape index (κ2) is 50.0. The molecule has 4 saturated heterocycles. The highest BCUT2D eigenvalue weighted by molar-refractivity contribution is 5.44. The third-order valence-electron chi connectivity index (χ3n) is 9.90. The SMILES string of the molecule is C.CC.CC.CC.CC.CC.CC(C)C.CC(C)C.CC(C)C.CC(C)N1C2CCC1COC2.CC(C)N1CC2CCC(C1)O2.c1ccc2c(c1)OCCO2.c1ccc2c(c1)OCCO2.c1ccn2nccc2c1. The van der Waals surface area contributed by atoms with Crippen LogP contribution in [0.5, 0.6) is 23.0 Å². The highest BCUT2D eigenvalue weighted by Gasteiger charge is 2.38. The lowest BCUT2D eigenvalue weighted by Gasteiger charge is -2.37. The van der Waals surface area contributed by atoms with Crippen molar-refractivity contribution < 1.29 is 28.4 Å². The van der Waals surface area contributed by atoms with Crippen molar-refractivity contribution in [2.24, 2.45) is 17.8 Å². The first-order chi connectivity index (χ1) is 35.1. The number of morpholine rings is 2. The molecule has 0 spiro atoms. The molecule has 4 aromatic rings. The second-order valence-corrected chi connectivity index (χ2v) is 19.4. The van der Waals surface area contributed by atoms with E-state index in [1.807, 2.05) is 153 Å². The minimum Gasteiger partial charge on any atom is -0.486 e. The Morgan fingerprint density at radius 3 is 1.08 bits per heavy atom. The molecule has 6 aliphatic heterocycles. The molecule has 74 heavy (non-hydrogen) atoms. The highest BCUT2D eigenvalue weighted by atomic mass is 16.6. The molecule has 10 nitrogen and oxygen atoms in total. The molecule has 4 bridgehead atoms. The minimum absolute atomic E-state index is 0. The lowest BCUT2D eigenvalue weighted by atomic mass is 10.2. The molecule has 4 fully saturated rings. The fourth-order valence-corrected chi connectivity index (χ4v) is 7.42. The van der Waals surface area contributed by atoms with Crippen LogP contribution in [0.2, 0.25) is 0 Å². The molecule has 2 aromatic carbocycles. The average Bonchev–Trinajstić information content (AvgIpc) is 4.10. The lowest BCUT2D eigenvalue weighted by molar-refractivity contribution is -0.0480. The van der Waals surface area contributed by atoms with E-state index in [-0.39, 0.29) is 7.43 Å². The Bertz CT molecular complexity index is 1580. The summed E-state index contributed by atoms with van der Waals surface area (Å²) >= 11 is 0. The molecule has 8 heterocycles. The molecule has 0 N–H and O–H groups in total. The molecule has 6 aliphatic rings. The van der Waals surface area contributed by atoms with E-state index in [9.17, 15) is 0 Å². The summed E-state index contributed by atoms with van der Waals surface area (Å²) in [4.78, 5) is 5.16. The van der Waals surface area contributed by atoms with Gasteiger partial charge in [0.05, 0.1) is 30.9 Å². The summed E-state index contributed by atoms with van der Waals surface area (Å²) in [5, 5.41) is 4.04. The third-order valence-corrected chi connectivity index (χ3v) is 9.90. The van der Waals surface area contributed by atoms with Crippen LogP contribution in [0.3, 0.4) is 0 Å². The first kappa shape index (κ1) is 76.7. The van der Waals surface area contributed by atoms with Gasteiger partial charge in [0.1, 0.15) is 26.4 Å². The van der Waals surface area contributed by atoms with Gasteiger partial charge in [0, 0.05) is 49.7 Å². The smallest absolute Gasteiger partial charge is 0.161 e. The molecule has 10 heteroatoms. The van der Waals surface area contributed by atoms with Crippen LogP contribution in [0.15, 0.2) is 85.2 Å². The number of ether oxygens (including phenoxy) is 6. The van der Waals surface area contributed by atoms with E-state index < -0.39 is 0 Å². The summed E-state index contributed by atoms with van der Waals surface area (Å²) in [6, 6.07) is 26.2. The minimum atomic E-state index is 0. The van der Waals surface area contributed by atoms with Crippen LogP contribution < -0.4 is 18.9 Å². The number of likely N-dealkylation sites (tertiary alicyclic amines) is 1. The van der Waals surface area contributed by atoms with Crippen molar-refractivity contribution in [3.8, 4) is 23.0 Å². The predicted molar refractivity (Wildman–Crippen MR) is 324 cm³/mol. The first-order valence-electron chi connectivity index (χ1n) is 29.0. The molecule has 432 valence electrons. The van der Waals surface area contributed by atoms with Crippen LogP contribution in [-0.2, 0) is 9.47 Å². The number of hydrogen-bond acceptors (Lipinski definition) is 9. The van der Waals surface area contributed by atoms with E-state index in [1.165, 1.54) is 25.7 Å². The monoisotopic (exact) mass is 1040 g/mol. The van der Waals surface area contributed by atoms with Crippen LogP contribution in [0.25, 0.3) is 5.52 Å². The number of fused-ring (bicyclic) bond motifs is 7. The largest absolute Gasteiger partial charge is 0.486 e. The van der Waals surface area contributed by atoms with Gasteiger partial charge in [0.15, 0.2) is 23.0 Å². The average molecular weight is 1040 g/mol. The molecule has 2 aromatic heterocycles. The standard InChI is InChI=1S/2C9H17NO.2C8H8O2.C7H6N2.3C4H10.5C2H6.CH4/c1-7(2)10-8-3-4-9(10)6-11-5-8;1-7(2)10-5-8-3-4-9(6-10)11-8;2*1-2-4-8-7(3-1)9-5-6-10-8;1-2-6-9-7(3-1)4-5-8-9;3*1-4(2)3;5*1-2;/h2*7-9H,3-6H2,1-2H3;2*1-4H,5-6H2;1-6H;3*4H,1-3H3;5*1-2H3;1H4. The Morgan fingerprint density at radius 1 is 0.446 bits per heavy atom. The highest BCUT2D eigenvalue weighted by Crippen LogP contribution is 2.31. The maximum absolute atomic E-state index is 5.74. The zero-order chi connectivity index (χ0) is 56.1. The van der Waals surface area contributed by atoms with Crippen molar-refractivity contribution in [2.75, 3.05) is 52.7 Å². The molecule has 4 unspecified atom stereocenters. The van der Waals surface area contributed by atoms with Gasteiger partial charge in [0.2, 0.25) is 0 Å². The zero-order valence-electron chi connectivity index (χ0n) is 51.5. The number of rotatable bonds is 2. The molecule has 0 amide bonds. The molecule has 4 atom stereocenters. The number of hydrogen-bond donors (Lipinski definition) is 0. The number of benzene rings is 2. The number of para-hydroxylation sites is 4. The fraction of sp³-hybridized carbons (Fsp3) is 0.703. The fourth-order valence-electron chi connectivity index (χ4n) is 7.42. The van der Waals surface area contributed by atoms with E-state index in [0.29, 0.717) is 50.7 Å². The van der Waals surface area contributed by atoms with Gasteiger partial charge in [0.25, 0.3) is 0 Å². The normalized spacial score (nSPS) is 18.5. The Morgan fingerprint density at radius 2 is 0.784 bits per heavy atom. The Hall–Kier alpha value is -3.83. The van der Waals surface area contributed by atoms with Crippen LogP contribution in [0.1, 0.15) is 192 Å². The molecule has 0 saturated carbocycles. The van der Waals surface area contributed by atoms with Crippen molar-refractivity contribution in [2.45, 2.75) is 229 Å². The Labute approximate surface area is 459 Å². The maximum atomic E-state index is 5.74. The summed E-state index contributed by atoms with van der Waals surface area (Å²) in [6.45, 7) is 55.5. The van der Waals surface area contributed by atoms with Crippen molar-refractivity contribution in [1.29, 1.82) is 0 Å². The maximum Gasteiger partial charge on any atom is 0.161 e. The van der Waals surface area contributed by atoms with Gasteiger partial charge in [-0.25, -0.2) is 4.52 Å². The lowest BCUT2D eigenvalue weighted by Crippen LogP contribution is -2.49. The van der Waals surface area contributed by atoms with E-state index in [2.05, 4.69) is 105 Å². The van der Waals surface area contributed by atoms with Crippen LogP contribution in [0, 0.1) is 17.8 Å². The van der Waals surface area contributed by atoms with Gasteiger partial charge in [-0.1, -0.05) is 169 Å². The Balaban J connectivity index is -0.000000377. The van der Waals surface area contributed by atoms with Gasteiger partial charge in [-0.2, -0.15) is 5.10 Å². The molecular formula is C64H120N4O6. The summed E-state index contributed by atoms with van der Waals surface area (Å²) in [7, 11) is 0. The van der Waals surface area contributed by atoms with Crippen LogP contribution in [-0.4, -0.2) is 109 Å². The van der Waals surface area contributed by atoms with E-state index >= 15 is 0 Å². The number of pyridine rings is 1. The summed E-state index contributed by atoms with van der Waals surface area (Å²) in [5.74, 6) is 5.92. The van der Waals surface area contributed by atoms with Gasteiger partial charge >= 0.3 is 0 Å². The Kier molecular flexibility index (Phi) is 51.8. The molecule has 0 aliphatic carbocycles. The van der Waals surface area contributed by atoms with Gasteiger partial charge in [-0.05, 0) is 114 Å².